The van der Waals surface area contributed by atoms with E-state index in [0.29, 0.717) is 28.6 Å². The molecule has 2 aromatic carbocycles. The first-order valence-electron chi connectivity index (χ1n) is 9.67. The monoisotopic (exact) mass is 454 g/mol. The van der Waals surface area contributed by atoms with E-state index in [1.54, 1.807) is 35.0 Å². The third-order valence-electron chi connectivity index (χ3n) is 4.91. The van der Waals surface area contributed by atoms with E-state index in [4.69, 9.17) is 25.6 Å². The summed E-state index contributed by atoms with van der Waals surface area (Å²) in [6.07, 6.45) is 1.74. The van der Waals surface area contributed by atoms with E-state index in [9.17, 15) is 9.18 Å². The molecule has 0 atom stereocenters. The SMILES string of the molecule is O=C(Cn1cccc1-c1nc(-c2ccc3c(c2)OCO3)no1)NCc1ccc(F)cc1Cl. The Labute approximate surface area is 186 Å². The Balaban J connectivity index is 1.28. The Morgan fingerprint density at radius 3 is 2.91 bits per heavy atom. The molecule has 0 saturated carbocycles. The molecule has 1 aliphatic rings. The van der Waals surface area contributed by atoms with Crippen LogP contribution in [0.1, 0.15) is 5.56 Å². The van der Waals surface area contributed by atoms with Gasteiger partial charge in [-0.05, 0) is 48.0 Å². The lowest BCUT2D eigenvalue weighted by molar-refractivity contribution is -0.121. The van der Waals surface area contributed by atoms with E-state index in [2.05, 4.69) is 15.5 Å². The summed E-state index contributed by atoms with van der Waals surface area (Å²) >= 11 is 6.01. The molecule has 3 heterocycles. The number of fused-ring (bicyclic) bond motifs is 1. The number of nitrogens with one attached hydrogen (secondary N) is 1. The average Bonchev–Trinajstić information content (AvgIpc) is 3.52. The van der Waals surface area contributed by atoms with Gasteiger partial charge >= 0.3 is 0 Å². The zero-order valence-electron chi connectivity index (χ0n) is 16.5. The highest BCUT2D eigenvalue weighted by Gasteiger charge is 2.19. The van der Waals surface area contributed by atoms with Crippen LogP contribution in [0.3, 0.4) is 0 Å². The molecule has 162 valence electrons. The highest BCUT2D eigenvalue weighted by molar-refractivity contribution is 6.31. The minimum absolute atomic E-state index is 0.0306. The smallest absolute Gasteiger partial charge is 0.274 e. The number of rotatable bonds is 6. The molecule has 5 rings (SSSR count). The molecule has 1 aliphatic heterocycles. The first-order chi connectivity index (χ1) is 15.6. The van der Waals surface area contributed by atoms with Crippen LogP contribution in [-0.4, -0.2) is 27.4 Å². The van der Waals surface area contributed by atoms with Crippen LogP contribution in [0.4, 0.5) is 4.39 Å². The Morgan fingerprint density at radius 1 is 1.16 bits per heavy atom. The molecule has 4 aromatic rings. The maximum Gasteiger partial charge on any atom is 0.274 e. The molecule has 0 radical (unpaired) electrons. The summed E-state index contributed by atoms with van der Waals surface area (Å²) in [5.41, 5.74) is 1.94. The van der Waals surface area contributed by atoms with Crippen molar-refractivity contribution in [3.63, 3.8) is 0 Å². The van der Waals surface area contributed by atoms with Crippen molar-refractivity contribution < 1.29 is 23.2 Å². The molecule has 0 spiro atoms. The summed E-state index contributed by atoms with van der Waals surface area (Å²) in [6, 6.07) is 13.0. The first-order valence-corrected chi connectivity index (χ1v) is 10.0. The number of nitrogens with zero attached hydrogens (tertiary/aromatic N) is 3. The minimum Gasteiger partial charge on any atom is -0.454 e. The first kappa shape index (κ1) is 20.1. The van der Waals surface area contributed by atoms with Crippen molar-refractivity contribution in [2.45, 2.75) is 13.1 Å². The molecule has 0 unspecified atom stereocenters. The lowest BCUT2D eigenvalue weighted by Gasteiger charge is -2.09. The van der Waals surface area contributed by atoms with E-state index in [1.807, 2.05) is 6.07 Å². The van der Waals surface area contributed by atoms with Crippen LogP contribution in [0, 0.1) is 5.82 Å². The van der Waals surface area contributed by atoms with Gasteiger partial charge in [-0.2, -0.15) is 4.98 Å². The summed E-state index contributed by atoms with van der Waals surface area (Å²) < 4.78 is 31.0. The Morgan fingerprint density at radius 2 is 2.03 bits per heavy atom. The highest BCUT2D eigenvalue weighted by atomic mass is 35.5. The number of benzene rings is 2. The second-order valence-corrected chi connectivity index (χ2v) is 7.43. The molecule has 1 N–H and O–H groups in total. The lowest BCUT2D eigenvalue weighted by Crippen LogP contribution is -2.27. The van der Waals surface area contributed by atoms with Gasteiger partial charge in [0.1, 0.15) is 18.1 Å². The maximum atomic E-state index is 13.2. The molecule has 1 amide bonds. The van der Waals surface area contributed by atoms with Gasteiger partial charge in [-0.25, -0.2) is 4.39 Å². The summed E-state index contributed by atoms with van der Waals surface area (Å²) in [7, 11) is 0. The molecular formula is C22H16ClFN4O4. The summed E-state index contributed by atoms with van der Waals surface area (Å²) in [4.78, 5) is 16.9. The van der Waals surface area contributed by atoms with Crippen LogP contribution in [0.25, 0.3) is 23.0 Å². The molecule has 8 nitrogen and oxygen atoms in total. The van der Waals surface area contributed by atoms with Crippen molar-refractivity contribution in [3.05, 3.63) is 71.1 Å². The lowest BCUT2D eigenvalue weighted by atomic mass is 10.2. The van der Waals surface area contributed by atoms with Crippen LogP contribution >= 0.6 is 11.6 Å². The topological polar surface area (TPSA) is 91.4 Å². The number of hydrogen-bond acceptors (Lipinski definition) is 6. The Bertz CT molecular complexity index is 1300. The van der Waals surface area contributed by atoms with Crippen molar-refractivity contribution >= 4 is 17.5 Å². The van der Waals surface area contributed by atoms with Gasteiger partial charge in [0, 0.05) is 23.3 Å². The predicted octanol–water partition coefficient (Wildman–Crippen LogP) is 4.04. The fourth-order valence-electron chi connectivity index (χ4n) is 3.30. The van der Waals surface area contributed by atoms with E-state index in [-0.39, 0.29) is 36.7 Å². The van der Waals surface area contributed by atoms with Crippen molar-refractivity contribution in [2.75, 3.05) is 6.79 Å². The van der Waals surface area contributed by atoms with Crippen LogP contribution in [0.5, 0.6) is 11.5 Å². The average molecular weight is 455 g/mol. The van der Waals surface area contributed by atoms with Crippen molar-refractivity contribution in [2.24, 2.45) is 0 Å². The third-order valence-corrected chi connectivity index (χ3v) is 5.26. The normalized spacial score (nSPS) is 12.2. The van der Waals surface area contributed by atoms with Gasteiger partial charge in [0.25, 0.3) is 5.89 Å². The zero-order chi connectivity index (χ0) is 22.1. The summed E-state index contributed by atoms with van der Waals surface area (Å²) in [5, 5.41) is 7.07. The number of hydrogen-bond donors (Lipinski definition) is 1. The van der Waals surface area contributed by atoms with E-state index >= 15 is 0 Å². The highest BCUT2D eigenvalue weighted by Crippen LogP contribution is 2.35. The molecule has 10 heteroatoms. The molecule has 0 fully saturated rings. The van der Waals surface area contributed by atoms with Gasteiger partial charge < -0.3 is 23.9 Å². The maximum absolute atomic E-state index is 13.2. The minimum atomic E-state index is -0.429. The van der Waals surface area contributed by atoms with Crippen molar-refractivity contribution in [1.82, 2.24) is 20.0 Å². The third kappa shape index (κ3) is 4.02. The molecule has 0 saturated heterocycles. The van der Waals surface area contributed by atoms with Gasteiger partial charge in [0.2, 0.25) is 18.5 Å². The van der Waals surface area contributed by atoms with Gasteiger partial charge in [-0.1, -0.05) is 22.8 Å². The van der Waals surface area contributed by atoms with Crippen LogP contribution in [-0.2, 0) is 17.9 Å². The van der Waals surface area contributed by atoms with Crippen LogP contribution in [0.2, 0.25) is 5.02 Å². The number of aromatic nitrogens is 3. The Hall–Kier alpha value is -3.85. The summed E-state index contributed by atoms with van der Waals surface area (Å²) in [6.45, 7) is 0.394. The van der Waals surface area contributed by atoms with Crippen molar-refractivity contribution in [1.29, 1.82) is 0 Å². The number of carbonyl (C=O) groups excluding carboxylic acids is 1. The standard InChI is InChI=1S/C22H16ClFN4O4/c23-16-9-15(24)5-3-14(16)10-25-20(29)11-28-7-1-2-17(28)22-26-21(27-32-22)13-4-6-18-19(8-13)31-12-30-18/h1-9H,10-12H2,(H,25,29). The fraction of sp³-hybridized carbons (Fsp3) is 0.136. The quantitative estimate of drug-likeness (QED) is 0.472. The molecule has 0 bridgehead atoms. The number of carbonyl (C=O) groups is 1. The second kappa shape index (κ2) is 8.35. The largest absolute Gasteiger partial charge is 0.454 e. The summed E-state index contributed by atoms with van der Waals surface area (Å²) in [5.74, 6) is 1.27. The molecular weight excluding hydrogens is 439 g/mol. The Kier molecular flexibility index (Phi) is 5.24. The van der Waals surface area contributed by atoms with Crippen LogP contribution < -0.4 is 14.8 Å². The zero-order valence-corrected chi connectivity index (χ0v) is 17.3. The number of amides is 1. The van der Waals surface area contributed by atoms with Crippen LogP contribution in [0.15, 0.2) is 59.3 Å². The van der Waals surface area contributed by atoms with Gasteiger partial charge in [-0.15, -0.1) is 0 Å². The van der Waals surface area contributed by atoms with Gasteiger partial charge in [-0.3, -0.25) is 4.79 Å². The molecule has 0 aliphatic carbocycles. The van der Waals surface area contributed by atoms with Gasteiger partial charge in [0.15, 0.2) is 11.5 Å². The fourth-order valence-corrected chi connectivity index (χ4v) is 3.53. The number of halogens is 2. The number of ether oxygens (including phenoxy) is 2. The van der Waals surface area contributed by atoms with E-state index in [0.717, 1.165) is 5.56 Å². The second-order valence-electron chi connectivity index (χ2n) is 7.02. The molecule has 2 aromatic heterocycles. The van der Waals surface area contributed by atoms with Crippen molar-refractivity contribution in [3.8, 4) is 34.5 Å². The van der Waals surface area contributed by atoms with E-state index in [1.165, 1.54) is 18.2 Å². The van der Waals surface area contributed by atoms with Gasteiger partial charge in [0.05, 0.1) is 0 Å². The predicted molar refractivity (Wildman–Crippen MR) is 113 cm³/mol. The van der Waals surface area contributed by atoms with E-state index < -0.39 is 5.82 Å². The molecule has 32 heavy (non-hydrogen) atoms.